The summed E-state index contributed by atoms with van der Waals surface area (Å²) in [6.45, 7) is 0. The number of rotatable bonds is 2. The van der Waals surface area contributed by atoms with Crippen molar-refractivity contribution in [3.05, 3.63) is 200 Å². The number of nitrogens with zero attached hydrogens (tertiary/aromatic N) is 1. The van der Waals surface area contributed by atoms with Crippen LogP contribution in [0.2, 0.25) is 0 Å². The Morgan fingerprint density at radius 2 is 0.579 bits per heavy atom. The maximum atomic E-state index is 2.50. The average molecular weight is 720 g/mol. The van der Waals surface area contributed by atoms with E-state index in [1.807, 2.05) is 0 Å². The van der Waals surface area contributed by atoms with Gasteiger partial charge in [0.1, 0.15) is 0 Å². The summed E-state index contributed by atoms with van der Waals surface area (Å²) in [7, 11) is 0. The third-order valence-corrected chi connectivity index (χ3v) is 12.7. The fraction of sp³-hybridized carbons (Fsp3) is 0. The number of benzene rings is 12. The molecule has 0 bridgehead atoms. The minimum atomic E-state index is 1.16. The number of fused-ring (bicyclic) bond motifs is 18. The molecule has 0 radical (unpaired) electrons. The Hall–Kier alpha value is -7.48. The second-order valence-corrected chi connectivity index (χ2v) is 15.6. The molecule has 0 saturated carbocycles. The van der Waals surface area contributed by atoms with Gasteiger partial charge in [-0.1, -0.05) is 146 Å². The van der Waals surface area contributed by atoms with E-state index < -0.39 is 0 Å². The molecule has 0 aliphatic carbocycles. The first-order valence-electron chi connectivity index (χ1n) is 19.8. The Bertz CT molecular complexity index is 3840. The summed E-state index contributed by atoms with van der Waals surface area (Å²) in [6.07, 6.45) is 0. The van der Waals surface area contributed by atoms with Gasteiger partial charge in [-0.25, -0.2) is 0 Å². The summed E-state index contributed by atoms with van der Waals surface area (Å²) in [6, 6.07) is 74.7. The van der Waals surface area contributed by atoms with Gasteiger partial charge in [0.15, 0.2) is 0 Å². The standard InChI is InChI=1S/C56H33N/c1-3-15-34(16-4-1)45-27-35-28-47-41-23-11-7-19-37(41)38-20-8-12-24-42(38)48(47)29-46(35)52-33-56-54(31-50(45)52)53-30-49-43-25-13-9-21-39(43)40-22-10-14-26-44(40)51(49)32-55(53)57(56)36-17-5-2-6-18-36/h1-33H. The van der Waals surface area contributed by atoms with Crippen LogP contribution in [0.3, 0.4) is 0 Å². The molecule has 0 aliphatic rings. The average Bonchev–Trinajstić information content (AvgIpc) is 3.60. The molecular weight excluding hydrogens is 687 g/mol. The van der Waals surface area contributed by atoms with Gasteiger partial charge in [-0.3, -0.25) is 0 Å². The van der Waals surface area contributed by atoms with Gasteiger partial charge in [-0.2, -0.15) is 0 Å². The van der Waals surface area contributed by atoms with E-state index in [2.05, 4.69) is 205 Å². The summed E-state index contributed by atoms with van der Waals surface area (Å²) < 4.78 is 2.50. The van der Waals surface area contributed by atoms with Gasteiger partial charge < -0.3 is 4.57 Å². The Balaban J connectivity index is 1.25. The summed E-state index contributed by atoms with van der Waals surface area (Å²) in [5.74, 6) is 0. The third-order valence-electron chi connectivity index (χ3n) is 12.7. The van der Waals surface area contributed by atoms with Crippen molar-refractivity contribution in [2.75, 3.05) is 0 Å². The molecule has 0 amide bonds. The van der Waals surface area contributed by atoms with Crippen LogP contribution in [0.4, 0.5) is 0 Å². The highest BCUT2D eigenvalue weighted by molar-refractivity contribution is 6.32. The topological polar surface area (TPSA) is 4.93 Å². The molecule has 57 heavy (non-hydrogen) atoms. The molecule has 0 saturated heterocycles. The fourth-order valence-electron chi connectivity index (χ4n) is 10.2. The molecule has 1 aromatic heterocycles. The summed E-state index contributed by atoms with van der Waals surface area (Å²) >= 11 is 0. The normalized spacial score (nSPS) is 12.2. The van der Waals surface area contributed by atoms with Crippen molar-refractivity contribution in [3.8, 4) is 16.8 Å². The largest absolute Gasteiger partial charge is 0.309 e. The lowest BCUT2D eigenvalue weighted by atomic mass is 9.88. The number of hydrogen-bond donors (Lipinski definition) is 0. The highest BCUT2D eigenvalue weighted by Crippen LogP contribution is 2.46. The van der Waals surface area contributed by atoms with Gasteiger partial charge in [-0.05, 0) is 152 Å². The Labute approximate surface area is 328 Å². The maximum absolute atomic E-state index is 2.50. The van der Waals surface area contributed by atoms with Crippen LogP contribution < -0.4 is 0 Å². The summed E-state index contributed by atoms with van der Waals surface area (Å²) in [5, 5.41) is 23.1. The van der Waals surface area contributed by atoms with Crippen LogP contribution in [0.5, 0.6) is 0 Å². The molecule has 13 rings (SSSR count). The van der Waals surface area contributed by atoms with E-state index in [0.717, 1.165) is 5.69 Å². The van der Waals surface area contributed by atoms with Crippen molar-refractivity contribution < 1.29 is 0 Å². The van der Waals surface area contributed by atoms with Gasteiger partial charge in [-0.15, -0.1) is 0 Å². The first kappa shape index (κ1) is 30.8. The minimum Gasteiger partial charge on any atom is -0.309 e. The van der Waals surface area contributed by atoms with Gasteiger partial charge in [0.25, 0.3) is 0 Å². The monoisotopic (exact) mass is 719 g/mol. The first-order valence-corrected chi connectivity index (χ1v) is 19.8. The molecule has 1 nitrogen and oxygen atoms in total. The maximum Gasteiger partial charge on any atom is 0.0547 e. The predicted octanol–water partition coefficient (Wildman–Crippen LogP) is 15.7. The lowest BCUT2D eigenvalue weighted by molar-refractivity contribution is 1.18. The predicted molar refractivity (Wildman–Crippen MR) is 246 cm³/mol. The molecular formula is C56H33N. The molecule has 0 atom stereocenters. The van der Waals surface area contributed by atoms with Gasteiger partial charge >= 0.3 is 0 Å². The highest BCUT2D eigenvalue weighted by atomic mass is 15.0. The van der Waals surface area contributed by atoms with Crippen molar-refractivity contribution in [1.29, 1.82) is 0 Å². The van der Waals surface area contributed by atoms with Crippen molar-refractivity contribution in [1.82, 2.24) is 4.57 Å². The molecule has 1 heterocycles. The van der Waals surface area contributed by atoms with E-state index in [-0.39, 0.29) is 0 Å². The van der Waals surface area contributed by atoms with E-state index in [1.165, 1.54) is 119 Å². The summed E-state index contributed by atoms with van der Waals surface area (Å²) in [5.41, 5.74) is 6.06. The van der Waals surface area contributed by atoms with Crippen LogP contribution in [0.25, 0.3) is 125 Å². The number of aromatic nitrogens is 1. The van der Waals surface area contributed by atoms with Crippen LogP contribution in [0, 0.1) is 0 Å². The Morgan fingerprint density at radius 1 is 0.228 bits per heavy atom. The van der Waals surface area contributed by atoms with Crippen LogP contribution in [0.15, 0.2) is 200 Å². The minimum absolute atomic E-state index is 1.16. The quantitative estimate of drug-likeness (QED) is 0.124. The molecule has 262 valence electrons. The molecule has 0 N–H and O–H groups in total. The van der Waals surface area contributed by atoms with Crippen LogP contribution in [-0.4, -0.2) is 4.57 Å². The fourth-order valence-corrected chi connectivity index (χ4v) is 10.2. The van der Waals surface area contributed by atoms with Crippen molar-refractivity contribution in [3.63, 3.8) is 0 Å². The van der Waals surface area contributed by atoms with E-state index in [1.54, 1.807) is 0 Å². The number of para-hydroxylation sites is 1. The molecule has 1 heteroatoms. The molecule has 0 aliphatic heterocycles. The first-order chi connectivity index (χ1) is 28.3. The van der Waals surface area contributed by atoms with Gasteiger partial charge in [0.2, 0.25) is 0 Å². The van der Waals surface area contributed by atoms with Crippen molar-refractivity contribution >= 4 is 108 Å². The molecule has 0 spiro atoms. The van der Waals surface area contributed by atoms with E-state index >= 15 is 0 Å². The van der Waals surface area contributed by atoms with Crippen molar-refractivity contribution in [2.24, 2.45) is 0 Å². The van der Waals surface area contributed by atoms with E-state index in [0.29, 0.717) is 0 Å². The molecule has 0 unspecified atom stereocenters. The molecule has 0 fully saturated rings. The lowest BCUT2D eigenvalue weighted by Crippen LogP contribution is -1.94. The van der Waals surface area contributed by atoms with Crippen LogP contribution >= 0.6 is 0 Å². The zero-order valence-corrected chi connectivity index (χ0v) is 31.0. The number of hydrogen-bond acceptors (Lipinski definition) is 0. The van der Waals surface area contributed by atoms with Gasteiger partial charge in [0.05, 0.1) is 11.0 Å². The SMILES string of the molecule is c1ccc(-c2cc3cc4c5ccccc5c5ccccc5c4cc3c3cc4c(cc23)c2cc3c5ccccc5c5ccccc5c3cc2n4-c2ccccc2)cc1. The van der Waals surface area contributed by atoms with E-state index in [4.69, 9.17) is 0 Å². The zero-order valence-electron chi connectivity index (χ0n) is 31.0. The zero-order chi connectivity index (χ0) is 37.2. The molecule has 13 aromatic rings. The van der Waals surface area contributed by atoms with Crippen molar-refractivity contribution in [2.45, 2.75) is 0 Å². The van der Waals surface area contributed by atoms with Crippen LogP contribution in [-0.2, 0) is 0 Å². The second kappa shape index (κ2) is 11.5. The second-order valence-electron chi connectivity index (χ2n) is 15.6. The highest BCUT2D eigenvalue weighted by Gasteiger charge is 2.20. The Morgan fingerprint density at radius 3 is 1.07 bits per heavy atom. The third kappa shape index (κ3) is 4.29. The van der Waals surface area contributed by atoms with Gasteiger partial charge in [0, 0.05) is 16.5 Å². The smallest absolute Gasteiger partial charge is 0.0547 e. The van der Waals surface area contributed by atoms with E-state index in [9.17, 15) is 0 Å². The molecule has 12 aromatic carbocycles. The Kier molecular flexibility index (Phi) is 6.23. The lowest BCUT2D eigenvalue weighted by Gasteiger charge is -2.16. The van der Waals surface area contributed by atoms with Crippen LogP contribution in [0.1, 0.15) is 0 Å². The summed E-state index contributed by atoms with van der Waals surface area (Å²) in [4.78, 5) is 0.